The van der Waals surface area contributed by atoms with Crippen molar-refractivity contribution < 1.29 is 57.9 Å². The summed E-state index contributed by atoms with van der Waals surface area (Å²) in [5, 5.41) is 19.7. The Hall–Kier alpha value is -5.26. The third-order valence-electron chi connectivity index (χ3n) is 7.80. The molecule has 0 bridgehead atoms. The molecule has 0 spiro atoms. The highest BCUT2D eigenvalue weighted by molar-refractivity contribution is 5.98. The quantitative estimate of drug-likeness (QED) is 0.0478. The van der Waals surface area contributed by atoms with Gasteiger partial charge in [0, 0.05) is 12.2 Å². The van der Waals surface area contributed by atoms with Crippen LogP contribution in [-0.2, 0) is 38.1 Å². The Kier molecular flexibility index (Phi) is 17.6. The third kappa shape index (κ3) is 14.2. The fourth-order valence-electron chi connectivity index (χ4n) is 4.83. The fourth-order valence-corrected chi connectivity index (χ4v) is 4.83. The summed E-state index contributed by atoms with van der Waals surface area (Å²) in [6.45, 7) is 0.340. The van der Waals surface area contributed by atoms with Crippen molar-refractivity contribution in [1.82, 2.24) is 0 Å². The highest BCUT2D eigenvalue weighted by Gasteiger charge is 2.45. The summed E-state index contributed by atoms with van der Waals surface area (Å²) < 4.78 is 19.7. The van der Waals surface area contributed by atoms with Crippen LogP contribution in [0.5, 0.6) is 0 Å². The van der Waals surface area contributed by atoms with E-state index in [4.69, 9.17) is 9.47 Å². The maximum absolute atomic E-state index is 12.3. The van der Waals surface area contributed by atoms with Crippen LogP contribution in [0.4, 0.5) is 0 Å². The molecular formula is C37H44O12. The molecule has 0 radical (unpaired) electrons. The van der Waals surface area contributed by atoms with Gasteiger partial charge in [-0.1, -0.05) is 62.8 Å². The topological polar surface area (TPSA) is 180 Å². The van der Waals surface area contributed by atoms with Crippen LogP contribution in [0.1, 0.15) is 96.1 Å². The van der Waals surface area contributed by atoms with Crippen LogP contribution >= 0.6 is 0 Å². The average Bonchev–Trinajstić information content (AvgIpc) is 3.10. The van der Waals surface area contributed by atoms with E-state index in [-0.39, 0.29) is 26.1 Å². The second-order valence-corrected chi connectivity index (χ2v) is 11.2. The van der Waals surface area contributed by atoms with E-state index in [1.165, 1.54) is 26.4 Å². The van der Waals surface area contributed by atoms with Crippen molar-refractivity contribution in [3.8, 4) is 0 Å². The lowest BCUT2D eigenvalue weighted by Gasteiger charge is -2.25. The predicted molar refractivity (Wildman–Crippen MR) is 179 cm³/mol. The van der Waals surface area contributed by atoms with Crippen molar-refractivity contribution in [2.24, 2.45) is 5.41 Å². The molecule has 2 N–H and O–H groups in total. The molecule has 0 aromatic heterocycles. The Morgan fingerprint density at radius 1 is 0.551 bits per heavy atom. The summed E-state index contributed by atoms with van der Waals surface area (Å²) in [5.74, 6) is -4.67. The molecule has 264 valence electrons. The van der Waals surface area contributed by atoms with E-state index in [9.17, 15) is 39.0 Å². The first-order valence-electron chi connectivity index (χ1n) is 16.1. The number of unbranched alkanes of at least 4 members (excludes halogenated alkanes) is 6. The number of ether oxygens (including phenoxy) is 4. The number of rotatable bonds is 22. The normalized spacial score (nSPS) is 11.3. The highest BCUT2D eigenvalue weighted by Crippen LogP contribution is 2.33. The molecule has 0 aliphatic heterocycles. The monoisotopic (exact) mass is 680 g/mol. The Morgan fingerprint density at radius 3 is 1.22 bits per heavy atom. The van der Waals surface area contributed by atoms with Gasteiger partial charge in [0.15, 0.2) is 5.41 Å². The molecule has 0 aliphatic rings. The lowest BCUT2D eigenvalue weighted by molar-refractivity contribution is -0.166. The van der Waals surface area contributed by atoms with Gasteiger partial charge in [0.05, 0.1) is 38.6 Å². The zero-order valence-electron chi connectivity index (χ0n) is 27.9. The number of aliphatic carboxylic acids is 2. The minimum atomic E-state index is -1.88. The molecular weight excluding hydrogens is 636 g/mol. The van der Waals surface area contributed by atoms with Crippen molar-refractivity contribution in [2.45, 2.75) is 64.2 Å². The highest BCUT2D eigenvalue weighted by atomic mass is 16.5. The zero-order chi connectivity index (χ0) is 36.1. The number of hydrogen-bond donors (Lipinski definition) is 2. The second-order valence-electron chi connectivity index (χ2n) is 11.2. The van der Waals surface area contributed by atoms with Gasteiger partial charge in [-0.3, -0.25) is 9.59 Å². The van der Waals surface area contributed by atoms with E-state index >= 15 is 0 Å². The SMILES string of the molecule is COC(=O)C=Cc1ccc(C(=O)OCCCCCCC(CCCCCCOC(=O)c2ccc(C=CC(=O)OC)cc2)(C(=O)O)C(=O)O)cc1. The van der Waals surface area contributed by atoms with E-state index < -0.39 is 41.2 Å². The fraction of sp³-hybridized carbons (Fsp3) is 0.405. The predicted octanol–water partition coefficient (Wildman–Crippen LogP) is 6.13. The number of methoxy groups -OCH3 is 2. The largest absolute Gasteiger partial charge is 0.480 e. The average molecular weight is 681 g/mol. The van der Waals surface area contributed by atoms with E-state index in [1.807, 2.05) is 0 Å². The minimum Gasteiger partial charge on any atom is -0.480 e. The van der Waals surface area contributed by atoms with Crippen molar-refractivity contribution in [1.29, 1.82) is 0 Å². The van der Waals surface area contributed by atoms with Crippen molar-refractivity contribution >= 4 is 48.0 Å². The molecule has 0 aliphatic carbocycles. The Bertz CT molecular complexity index is 1340. The minimum absolute atomic E-state index is 0.0108. The van der Waals surface area contributed by atoms with Gasteiger partial charge >= 0.3 is 35.8 Å². The number of carbonyl (C=O) groups is 6. The standard InChI is InChI=1S/C37H44O12/c1-46-31(38)21-15-27-11-17-29(18-12-27)33(40)48-25-9-5-3-7-23-37(35(42)43,36(44)45)24-8-4-6-10-26-49-34(41)30-19-13-28(14-20-30)16-22-32(39)47-2/h11-22H,3-10,23-26H2,1-2H3,(H,42,43)(H,44,45). The smallest absolute Gasteiger partial charge is 0.338 e. The first-order chi connectivity index (χ1) is 23.5. The lowest BCUT2D eigenvalue weighted by Crippen LogP contribution is -2.39. The second kappa shape index (κ2) is 21.6. The van der Waals surface area contributed by atoms with Gasteiger partial charge in [-0.05, 0) is 73.2 Å². The molecule has 0 atom stereocenters. The number of hydrogen-bond acceptors (Lipinski definition) is 10. The molecule has 0 saturated carbocycles. The summed E-state index contributed by atoms with van der Waals surface area (Å²) in [6.07, 6.45) is 9.96. The van der Waals surface area contributed by atoms with Crippen LogP contribution < -0.4 is 0 Å². The number of carboxylic acid groups (broad SMARTS) is 2. The van der Waals surface area contributed by atoms with Crippen LogP contribution in [0.2, 0.25) is 0 Å². The molecule has 0 amide bonds. The van der Waals surface area contributed by atoms with Crippen LogP contribution in [0.3, 0.4) is 0 Å². The first kappa shape index (κ1) is 39.9. The number of carbonyl (C=O) groups excluding carboxylic acids is 4. The molecule has 12 heteroatoms. The molecule has 0 fully saturated rings. The maximum atomic E-state index is 12.3. The number of benzene rings is 2. The molecule has 0 unspecified atom stereocenters. The molecule has 12 nitrogen and oxygen atoms in total. The molecule has 2 rings (SSSR count). The van der Waals surface area contributed by atoms with Crippen LogP contribution in [0, 0.1) is 5.41 Å². The molecule has 2 aromatic carbocycles. The summed E-state index contributed by atoms with van der Waals surface area (Å²) in [4.78, 5) is 71.1. The van der Waals surface area contributed by atoms with Gasteiger partial charge in [0.1, 0.15) is 0 Å². The summed E-state index contributed by atoms with van der Waals surface area (Å²) >= 11 is 0. The molecule has 49 heavy (non-hydrogen) atoms. The summed E-state index contributed by atoms with van der Waals surface area (Å²) in [5.41, 5.74) is 0.271. The van der Waals surface area contributed by atoms with Gasteiger partial charge in [0.25, 0.3) is 0 Å². The van der Waals surface area contributed by atoms with Gasteiger partial charge in [0.2, 0.25) is 0 Å². The van der Waals surface area contributed by atoms with Gasteiger partial charge in [-0.25, -0.2) is 19.2 Å². The van der Waals surface area contributed by atoms with Crippen molar-refractivity contribution in [3.05, 3.63) is 82.9 Å². The number of carboxylic acids is 2. The van der Waals surface area contributed by atoms with Crippen LogP contribution in [0.25, 0.3) is 12.2 Å². The van der Waals surface area contributed by atoms with Gasteiger partial charge in [-0.15, -0.1) is 0 Å². The van der Waals surface area contributed by atoms with E-state index in [2.05, 4.69) is 9.47 Å². The lowest BCUT2D eigenvalue weighted by atomic mass is 9.78. The Labute approximate surface area is 285 Å². The van der Waals surface area contributed by atoms with E-state index in [0.717, 1.165) is 0 Å². The van der Waals surface area contributed by atoms with Crippen molar-refractivity contribution in [2.75, 3.05) is 27.4 Å². The van der Waals surface area contributed by atoms with Crippen LogP contribution in [0.15, 0.2) is 60.7 Å². The number of esters is 4. The van der Waals surface area contributed by atoms with Gasteiger partial charge < -0.3 is 29.2 Å². The first-order valence-corrected chi connectivity index (χ1v) is 16.1. The summed E-state index contributed by atoms with van der Waals surface area (Å²) in [7, 11) is 2.56. The maximum Gasteiger partial charge on any atom is 0.338 e. The molecule has 0 saturated heterocycles. The van der Waals surface area contributed by atoms with Gasteiger partial charge in [-0.2, -0.15) is 0 Å². The van der Waals surface area contributed by atoms with Crippen molar-refractivity contribution in [3.63, 3.8) is 0 Å². The van der Waals surface area contributed by atoms with E-state index in [1.54, 1.807) is 60.7 Å². The Balaban J connectivity index is 1.66. The zero-order valence-corrected chi connectivity index (χ0v) is 27.9. The molecule has 0 heterocycles. The van der Waals surface area contributed by atoms with Crippen LogP contribution in [-0.4, -0.2) is 73.5 Å². The third-order valence-corrected chi connectivity index (χ3v) is 7.80. The molecule has 2 aromatic rings. The van der Waals surface area contributed by atoms with E-state index in [0.29, 0.717) is 73.6 Å². The Morgan fingerprint density at radius 2 is 0.898 bits per heavy atom. The summed E-state index contributed by atoms with van der Waals surface area (Å²) in [6, 6.07) is 13.0.